The third-order valence-corrected chi connectivity index (χ3v) is 3.32. The number of hydrogen-bond acceptors (Lipinski definition) is 4. The molecule has 0 saturated heterocycles. The Balaban J connectivity index is 2.49. The second kappa shape index (κ2) is 5.90. The summed E-state index contributed by atoms with van der Waals surface area (Å²) in [6, 6.07) is 9.28. The maximum atomic E-state index is 11.0. The minimum atomic E-state index is -1.04. The van der Waals surface area contributed by atoms with Gasteiger partial charge in [0.15, 0.2) is 5.69 Å². The molecular formula is C13H14N2O3S. The van der Waals surface area contributed by atoms with Gasteiger partial charge in [-0.3, -0.25) is 0 Å². The number of hydrogen-bond donors (Lipinski definition) is 1. The van der Waals surface area contributed by atoms with E-state index in [1.807, 2.05) is 30.5 Å². The van der Waals surface area contributed by atoms with E-state index in [1.54, 1.807) is 23.6 Å². The summed E-state index contributed by atoms with van der Waals surface area (Å²) in [5.41, 5.74) is 1.55. The van der Waals surface area contributed by atoms with Crippen molar-refractivity contribution >= 4 is 17.7 Å². The summed E-state index contributed by atoms with van der Waals surface area (Å²) in [4.78, 5) is 12.1. The highest BCUT2D eigenvalue weighted by Gasteiger charge is 2.14. The van der Waals surface area contributed by atoms with E-state index in [-0.39, 0.29) is 5.69 Å². The summed E-state index contributed by atoms with van der Waals surface area (Å²) in [5, 5.41) is 13.1. The predicted octanol–water partition coefficient (Wildman–Crippen LogP) is 2.44. The summed E-state index contributed by atoms with van der Waals surface area (Å²) in [6.45, 7) is 0.309. The molecule has 0 aliphatic heterocycles. The number of carboxylic acid groups (broad SMARTS) is 1. The van der Waals surface area contributed by atoms with E-state index in [0.717, 1.165) is 10.6 Å². The van der Waals surface area contributed by atoms with Crippen molar-refractivity contribution in [3.63, 3.8) is 0 Å². The maximum Gasteiger partial charge on any atom is 0.356 e. The van der Waals surface area contributed by atoms with Crippen LogP contribution >= 0.6 is 11.8 Å². The number of aromatic carboxylic acids is 1. The quantitative estimate of drug-likeness (QED) is 0.851. The Labute approximate surface area is 115 Å². The molecule has 0 unspecified atom stereocenters. The molecule has 5 nitrogen and oxygen atoms in total. The maximum absolute atomic E-state index is 11.0. The Hall–Kier alpha value is -1.79. The first kappa shape index (κ1) is 13.6. The molecule has 0 aliphatic carbocycles. The highest BCUT2D eigenvalue weighted by atomic mass is 32.2. The fourth-order valence-corrected chi connectivity index (χ4v) is 2.19. The second-order valence-electron chi connectivity index (χ2n) is 3.87. The minimum absolute atomic E-state index is 0.0154. The normalized spacial score (nSPS) is 10.6. The summed E-state index contributed by atoms with van der Waals surface area (Å²) in [5.74, 6) is -1.04. The van der Waals surface area contributed by atoms with Crippen LogP contribution in [-0.2, 0) is 11.3 Å². The van der Waals surface area contributed by atoms with E-state index < -0.39 is 5.97 Å². The standard InChI is InChI=1S/C13H14N2O3S/c1-18-8-10-7-12(13(16)17)14-15(10)9-4-3-5-11(6-9)19-2/h3-7H,8H2,1-2H3,(H,16,17). The van der Waals surface area contributed by atoms with Crippen LogP contribution < -0.4 is 0 Å². The summed E-state index contributed by atoms with van der Waals surface area (Å²) in [7, 11) is 1.57. The molecule has 1 aromatic carbocycles. The molecule has 1 heterocycles. The number of methoxy groups -OCH3 is 1. The summed E-state index contributed by atoms with van der Waals surface area (Å²) < 4.78 is 6.68. The molecule has 0 bridgehead atoms. The summed E-state index contributed by atoms with van der Waals surface area (Å²) in [6.07, 6.45) is 1.99. The molecule has 0 radical (unpaired) electrons. The fourth-order valence-electron chi connectivity index (χ4n) is 1.74. The van der Waals surface area contributed by atoms with Crippen molar-refractivity contribution in [3.8, 4) is 5.69 Å². The van der Waals surface area contributed by atoms with Crippen LogP contribution in [0.1, 0.15) is 16.2 Å². The van der Waals surface area contributed by atoms with Crippen LogP contribution in [0.15, 0.2) is 35.2 Å². The first-order valence-electron chi connectivity index (χ1n) is 5.61. The smallest absolute Gasteiger partial charge is 0.356 e. The second-order valence-corrected chi connectivity index (χ2v) is 4.75. The van der Waals surface area contributed by atoms with Gasteiger partial charge >= 0.3 is 5.97 Å². The van der Waals surface area contributed by atoms with Gasteiger partial charge in [-0.05, 0) is 30.5 Å². The topological polar surface area (TPSA) is 64.3 Å². The van der Waals surface area contributed by atoms with Crippen molar-refractivity contribution < 1.29 is 14.6 Å². The third kappa shape index (κ3) is 2.97. The average Bonchev–Trinajstić information content (AvgIpc) is 2.83. The number of carboxylic acids is 1. The molecule has 0 atom stereocenters. The SMILES string of the molecule is COCc1cc(C(=O)O)nn1-c1cccc(SC)c1. The van der Waals surface area contributed by atoms with Gasteiger partial charge in [0, 0.05) is 12.0 Å². The lowest BCUT2D eigenvalue weighted by atomic mass is 10.3. The highest BCUT2D eigenvalue weighted by Crippen LogP contribution is 2.20. The van der Waals surface area contributed by atoms with Crippen LogP contribution in [0.4, 0.5) is 0 Å². The van der Waals surface area contributed by atoms with Gasteiger partial charge in [-0.1, -0.05) is 6.07 Å². The van der Waals surface area contributed by atoms with Gasteiger partial charge in [-0.15, -0.1) is 11.8 Å². The monoisotopic (exact) mass is 278 g/mol. The molecule has 2 rings (SSSR count). The van der Waals surface area contributed by atoms with Gasteiger partial charge in [0.05, 0.1) is 18.0 Å². The number of thioether (sulfide) groups is 1. The molecule has 0 amide bonds. The molecule has 2 aromatic rings. The molecule has 6 heteroatoms. The number of nitrogens with zero attached hydrogens (tertiary/aromatic N) is 2. The van der Waals surface area contributed by atoms with Crippen LogP contribution in [-0.4, -0.2) is 34.2 Å². The van der Waals surface area contributed by atoms with Crippen LogP contribution in [0, 0.1) is 0 Å². The molecule has 0 fully saturated rings. The van der Waals surface area contributed by atoms with Crippen LogP contribution in [0.25, 0.3) is 5.69 Å². The molecule has 100 valence electrons. The van der Waals surface area contributed by atoms with Crippen LogP contribution in [0.5, 0.6) is 0 Å². The lowest BCUT2D eigenvalue weighted by Gasteiger charge is -2.07. The van der Waals surface area contributed by atoms with Gasteiger partial charge in [-0.2, -0.15) is 5.10 Å². The van der Waals surface area contributed by atoms with Gasteiger partial charge < -0.3 is 9.84 Å². The molecule has 19 heavy (non-hydrogen) atoms. The fraction of sp³-hybridized carbons (Fsp3) is 0.231. The number of rotatable bonds is 5. The van der Waals surface area contributed by atoms with Crippen molar-refractivity contribution in [3.05, 3.63) is 41.7 Å². The van der Waals surface area contributed by atoms with Crippen molar-refractivity contribution in [1.29, 1.82) is 0 Å². The van der Waals surface area contributed by atoms with Gasteiger partial charge in [-0.25, -0.2) is 9.48 Å². The lowest BCUT2D eigenvalue weighted by Crippen LogP contribution is -2.04. The van der Waals surface area contributed by atoms with E-state index in [1.165, 1.54) is 6.07 Å². The zero-order valence-electron chi connectivity index (χ0n) is 10.7. The first-order valence-corrected chi connectivity index (χ1v) is 6.83. The predicted molar refractivity (Wildman–Crippen MR) is 73.0 cm³/mol. The zero-order valence-corrected chi connectivity index (χ0v) is 11.5. The van der Waals surface area contributed by atoms with E-state index in [9.17, 15) is 4.79 Å². The van der Waals surface area contributed by atoms with E-state index >= 15 is 0 Å². The van der Waals surface area contributed by atoms with E-state index in [4.69, 9.17) is 9.84 Å². The van der Waals surface area contributed by atoms with Crippen molar-refractivity contribution in [2.24, 2.45) is 0 Å². The number of ether oxygens (including phenoxy) is 1. The van der Waals surface area contributed by atoms with Crippen LogP contribution in [0.2, 0.25) is 0 Å². The largest absolute Gasteiger partial charge is 0.476 e. The van der Waals surface area contributed by atoms with E-state index in [2.05, 4.69) is 5.10 Å². The molecule has 0 spiro atoms. The minimum Gasteiger partial charge on any atom is -0.476 e. The Morgan fingerprint density at radius 1 is 1.47 bits per heavy atom. The Morgan fingerprint density at radius 2 is 2.26 bits per heavy atom. The Kier molecular flexibility index (Phi) is 4.24. The van der Waals surface area contributed by atoms with Gasteiger partial charge in [0.2, 0.25) is 0 Å². The average molecular weight is 278 g/mol. The highest BCUT2D eigenvalue weighted by molar-refractivity contribution is 7.98. The van der Waals surface area contributed by atoms with Gasteiger partial charge in [0.1, 0.15) is 0 Å². The molecule has 0 aliphatic rings. The molecule has 0 saturated carbocycles. The molecule has 1 aromatic heterocycles. The molecule has 1 N–H and O–H groups in total. The van der Waals surface area contributed by atoms with Crippen molar-refractivity contribution in [2.75, 3.05) is 13.4 Å². The summed E-state index contributed by atoms with van der Waals surface area (Å²) >= 11 is 1.62. The van der Waals surface area contributed by atoms with Gasteiger partial charge in [0.25, 0.3) is 0 Å². The first-order chi connectivity index (χ1) is 9.15. The molecular weight excluding hydrogens is 264 g/mol. The third-order valence-electron chi connectivity index (χ3n) is 2.59. The van der Waals surface area contributed by atoms with Crippen LogP contribution in [0.3, 0.4) is 0 Å². The lowest BCUT2D eigenvalue weighted by molar-refractivity contribution is 0.0690. The Bertz CT molecular complexity index is 595. The number of benzene rings is 1. The van der Waals surface area contributed by atoms with E-state index in [0.29, 0.717) is 12.3 Å². The van der Waals surface area contributed by atoms with Crippen molar-refractivity contribution in [1.82, 2.24) is 9.78 Å². The van der Waals surface area contributed by atoms with Crippen molar-refractivity contribution in [2.45, 2.75) is 11.5 Å². The zero-order chi connectivity index (χ0) is 13.8. The Morgan fingerprint density at radius 3 is 2.89 bits per heavy atom. The number of aromatic nitrogens is 2. The number of carbonyl (C=O) groups is 1.